The lowest BCUT2D eigenvalue weighted by Crippen LogP contribution is -2.30. The van der Waals surface area contributed by atoms with Gasteiger partial charge in [-0.1, -0.05) is 48.9 Å². The first-order valence-corrected chi connectivity index (χ1v) is 7.77. The van der Waals surface area contributed by atoms with Crippen molar-refractivity contribution in [3.63, 3.8) is 0 Å². The standard InChI is InChI=1S/C18H21ClN2O2/c1-11-9-15(16(23-3)10-14(11)19)21-18(22)12(2)17(20)13-7-5-4-6-8-13/h4-10,12,17H,20H2,1-3H3,(H,21,22). The minimum Gasteiger partial charge on any atom is -0.495 e. The van der Waals surface area contributed by atoms with E-state index in [1.54, 1.807) is 12.1 Å². The molecule has 2 rings (SSSR count). The fourth-order valence-corrected chi connectivity index (χ4v) is 2.46. The normalized spacial score (nSPS) is 13.3. The third-order valence-corrected chi connectivity index (χ3v) is 4.28. The molecule has 0 saturated heterocycles. The van der Waals surface area contributed by atoms with E-state index in [0.29, 0.717) is 16.5 Å². The van der Waals surface area contributed by atoms with Crippen LogP contribution in [-0.2, 0) is 4.79 Å². The molecule has 2 unspecified atom stereocenters. The lowest BCUT2D eigenvalue weighted by molar-refractivity contribution is -0.120. The summed E-state index contributed by atoms with van der Waals surface area (Å²) in [6.45, 7) is 3.68. The number of nitrogens with two attached hydrogens (primary N) is 1. The number of ether oxygens (including phenoxy) is 1. The molecule has 0 saturated carbocycles. The molecular weight excluding hydrogens is 312 g/mol. The van der Waals surface area contributed by atoms with Crippen LogP contribution in [0.2, 0.25) is 5.02 Å². The van der Waals surface area contributed by atoms with Crippen LogP contribution in [-0.4, -0.2) is 13.0 Å². The fraction of sp³-hybridized carbons (Fsp3) is 0.278. The van der Waals surface area contributed by atoms with Gasteiger partial charge in [0.15, 0.2) is 0 Å². The molecule has 0 bridgehead atoms. The zero-order valence-electron chi connectivity index (χ0n) is 13.5. The fourth-order valence-electron chi connectivity index (χ4n) is 2.30. The van der Waals surface area contributed by atoms with E-state index in [1.165, 1.54) is 7.11 Å². The predicted molar refractivity (Wildman–Crippen MR) is 93.9 cm³/mol. The molecular formula is C18H21ClN2O2. The predicted octanol–water partition coefficient (Wildman–Crippen LogP) is 3.93. The van der Waals surface area contributed by atoms with E-state index in [0.717, 1.165) is 11.1 Å². The summed E-state index contributed by atoms with van der Waals surface area (Å²) in [5.41, 5.74) is 8.58. The Kier molecular flexibility index (Phi) is 5.64. The molecule has 4 nitrogen and oxygen atoms in total. The average molecular weight is 333 g/mol. The van der Waals surface area contributed by atoms with Crippen molar-refractivity contribution in [3.8, 4) is 5.75 Å². The number of anilines is 1. The maximum atomic E-state index is 12.5. The van der Waals surface area contributed by atoms with Gasteiger partial charge in [0.05, 0.1) is 18.7 Å². The molecule has 0 spiro atoms. The molecule has 0 fully saturated rings. The topological polar surface area (TPSA) is 64.3 Å². The highest BCUT2D eigenvalue weighted by Gasteiger charge is 2.23. The molecule has 1 amide bonds. The highest BCUT2D eigenvalue weighted by Crippen LogP contribution is 2.32. The zero-order valence-corrected chi connectivity index (χ0v) is 14.2. The van der Waals surface area contributed by atoms with Gasteiger partial charge in [0.25, 0.3) is 0 Å². The number of aryl methyl sites for hydroxylation is 1. The Bertz CT molecular complexity index is 689. The van der Waals surface area contributed by atoms with Gasteiger partial charge in [0.1, 0.15) is 5.75 Å². The maximum Gasteiger partial charge on any atom is 0.229 e. The molecule has 0 aromatic heterocycles. The number of amides is 1. The Morgan fingerprint density at radius 3 is 2.52 bits per heavy atom. The van der Waals surface area contributed by atoms with Crippen molar-refractivity contribution >= 4 is 23.2 Å². The van der Waals surface area contributed by atoms with Gasteiger partial charge in [0.2, 0.25) is 5.91 Å². The van der Waals surface area contributed by atoms with Gasteiger partial charge in [-0.15, -0.1) is 0 Å². The second kappa shape index (κ2) is 7.49. The first-order chi connectivity index (χ1) is 10.9. The molecule has 0 aliphatic heterocycles. The molecule has 2 aromatic carbocycles. The van der Waals surface area contributed by atoms with Crippen LogP contribution >= 0.6 is 11.6 Å². The maximum absolute atomic E-state index is 12.5. The molecule has 5 heteroatoms. The van der Waals surface area contributed by atoms with E-state index >= 15 is 0 Å². The number of hydrogen-bond acceptors (Lipinski definition) is 3. The number of halogens is 1. The van der Waals surface area contributed by atoms with E-state index in [4.69, 9.17) is 22.1 Å². The summed E-state index contributed by atoms with van der Waals surface area (Å²) in [6.07, 6.45) is 0. The summed E-state index contributed by atoms with van der Waals surface area (Å²) in [5.74, 6) is -0.0334. The van der Waals surface area contributed by atoms with E-state index in [9.17, 15) is 4.79 Å². The van der Waals surface area contributed by atoms with Crippen molar-refractivity contribution in [3.05, 3.63) is 58.6 Å². The lowest BCUT2D eigenvalue weighted by Gasteiger charge is -2.21. The third-order valence-electron chi connectivity index (χ3n) is 3.88. The Morgan fingerprint density at radius 2 is 1.91 bits per heavy atom. The first-order valence-electron chi connectivity index (χ1n) is 7.39. The number of methoxy groups -OCH3 is 1. The van der Waals surface area contributed by atoms with Crippen molar-refractivity contribution < 1.29 is 9.53 Å². The Morgan fingerprint density at radius 1 is 1.26 bits per heavy atom. The van der Waals surface area contributed by atoms with Crippen molar-refractivity contribution in [2.24, 2.45) is 11.7 Å². The molecule has 2 aromatic rings. The van der Waals surface area contributed by atoms with Crippen LogP contribution in [0.5, 0.6) is 5.75 Å². The van der Waals surface area contributed by atoms with Crippen molar-refractivity contribution in [2.45, 2.75) is 19.9 Å². The Balaban J connectivity index is 2.17. The van der Waals surface area contributed by atoms with Gasteiger partial charge in [-0.2, -0.15) is 0 Å². The van der Waals surface area contributed by atoms with E-state index in [1.807, 2.05) is 44.2 Å². The number of benzene rings is 2. The van der Waals surface area contributed by atoms with Crippen LogP contribution in [0.4, 0.5) is 5.69 Å². The molecule has 3 N–H and O–H groups in total. The summed E-state index contributed by atoms with van der Waals surface area (Å²) >= 11 is 6.08. The molecule has 0 aliphatic carbocycles. The molecule has 23 heavy (non-hydrogen) atoms. The Hall–Kier alpha value is -2.04. The Labute approximate surface area is 141 Å². The highest BCUT2D eigenvalue weighted by molar-refractivity contribution is 6.31. The van der Waals surface area contributed by atoms with Crippen molar-refractivity contribution in [1.82, 2.24) is 0 Å². The quantitative estimate of drug-likeness (QED) is 0.871. The first kappa shape index (κ1) is 17.3. The van der Waals surface area contributed by atoms with Crippen LogP contribution in [0, 0.1) is 12.8 Å². The van der Waals surface area contributed by atoms with Gasteiger partial charge >= 0.3 is 0 Å². The smallest absolute Gasteiger partial charge is 0.229 e. The second-order valence-electron chi connectivity index (χ2n) is 5.52. The van der Waals surface area contributed by atoms with Gasteiger partial charge in [0, 0.05) is 17.1 Å². The number of carbonyl (C=O) groups excluding carboxylic acids is 1. The largest absolute Gasteiger partial charge is 0.495 e. The number of hydrogen-bond donors (Lipinski definition) is 2. The van der Waals surface area contributed by atoms with Crippen molar-refractivity contribution in [2.75, 3.05) is 12.4 Å². The third kappa shape index (κ3) is 4.03. The van der Waals surface area contributed by atoms with E-state index in [2.05, 4.69) is 5.32 Å². The van der Waals surface area contributed by atoms with Crippen LogP contribution < -0.4 is 15.8 Å². The van der Waals surface area contributed by atoms with Gasteiger partial charge in [-0.05, 0) is 24.1 Å². The molecule has 0 heterocycles. The summed E-state index contributed by atoms with van der Waals surface area (Å²) < 4.78 is 5.28. The molecule has 0 aliphatic rings. The van der Waals surface area contributed by atoms with Crippen molar-refractivity contribution in [1.29, 1.82) is 0 Å². The number of rotatable bonds is 5. The second-order valence-corrected chi connectivity index (χ2v) is 5.92. The van der Waals surface area contributed by atoms with Gasteiger partial charge in [-0.3, -0.25) is 4.79 Å². The van der Waals surface area contributed by atoms with E-state index < -0.39 is 5.92 Å². The summed E-state index contributed by atoms with van der Waals surface area (Å²) in [7, 11) is 1.54. The van der Waals surface area contributed by atoms with Crippen LogP contribution in [0.3, 0.4) is 0 Å². The monoisotopic (exact) mass is 332 g/mol. The lowest BCUT2D eigenvalue weighted by atomic mass is 9.94. The van der Waals surface area contributed by atoms with E-state index in [-0.39, 0.29) is 11.9 Å². The van der Waals surface area contributed by atoms with Crippen LogP contribution in [0.15, 0.2) is 42.5 Å². The SMILES string of the molecule is COc1cc(Cl)c(C)cc1NC(=O)C(C)C(N)c1ccccc1. The number of carbonyl (C=O) groups is 1. The van der Waals surface area contributed by atoms with Gasteiger partial charge in [-0.25, -0.2) is 0 Å². The van der Waals surface area contributed by atoms with Crippen LogP contribution in [0.1, 0.15) is 24.1 Å². The minimum absolute atomic E-state index is 0.165. The number of nitrogens with one attached hydrogen (secondary N) is 1. The highest BCUT2D eigenvalue weighted by atomic mass is 35.5. The minimum atomic E-state index is -0.391. The summed E-state index contributed by atoms with van der Waals surface area (Å²) in [6, 6.07) is 12.7. The average Bonchev–Trinajstić information content (AvgIpc) is 2.57. The van der Waals surface area contributed by atoms with Gasteiger partial charge < -0.3 is 15.8 Å². The summed E-state index contributed by atoms with van der Waals surface area (Å²) in [4.78, 5) is 12.5. The molecule has 0 radical (unpaired) electrons. The molecule has 2 atom stereocenters. The zero-order chi connectivity index (χ0) is 17.0. The van der Waals surface area contributed by atoms with Crippen LogP contribution in [0.25, 0.3) is 0 Å². The molecule has 122 valence electrons. The summed E-state index contributed by atoms with van der Waals surface area (Å²) in [5, 5.41) is 3.47.